The number of hydrogen-bond acceptors (Lipinski definition) is 6. The summed E-state index contributed by atoms with van der Waals surface area (Å²) >= 11 is 0. The van der Waals surface area contributed by atoms with Crippen LogP contribution in [0.15, 0.2) is 12.2 Å². The molecule has 0 aromatic heterocycles. The van der Waals surface area contributed by atoms with Crippen LogP contribution in [0.25, 0.3) is 0 Å². The molecular weight excluding hydrogens is 216 g/mol. The first-order chi connectivity index (χ1) is 7.42. The average molecular weight is 236 g/mol. The number of rotatable bonds is 5. The molecule has 96 valence electrons. The Morgan fingerprint density at radius 2 is 1.44 bits per heavy atom. The van der Waals surface area contributed by atoms with E-state index in [1.165, 1.54) is 7.11 Å². The smallest absolute Gasteiger partial charge is 0.332 e. The lowest BCUT2D eigenvalue weighted by Gasteiger charge is -2.23. The Kier molecular flexibility index (Phi) is 10.1. The monoisotopic (exact) mass is 236 g/mol. The van der Waals surface area contributed by atoms with Crippen LogP contribution in [0.2, 0.25) is 0 Å². The topological polar surface area (TPSA) is 107 Å². The Hall–Kier alpha value is -0.950. The van der Waals surface area contributed by atoms with Gasteiger partial charge in [-0.05, 0) is 6.92 Å². The molecule has 0 aliphatic carbocycles. The zero-order valence-electron chi connectivity index (χ0n) is 9.64. The largest absolute Gasteiger partial charge is 0.466 e. The van der Waals surface area contributed by atoms with Gasteiger partial charge in [-0.1, -0.05) is 6.58 Å². The van der Waals surface area contributed by atoms with Crippen LogP contribution in [0, 0.1) is 5.41 Å². The van der Waals surface area contributed by atoms with E-state index in [9.17, 15) is 4.79 Å². The van der Waals surface area contributed by atoms with Gasteiger partial charge in [0.1, 0.15) is 0 Å². The molecule has 4 N–H and O–H groups in total. The van der Waals surface area contributed by atoms with Crippen LogP contribution in [0.1, 0.15) is 6.92 Å². The second-order valence-corrected chi connectivity index (χ2v) is 3.40. The molecule has 0 fully saturated rings. The summed E-state index contributed by atoms with van der Waals surface area (Å²) in [4.78, 5) is 10.2. The van der Waals surface area contributed by atoms with E-state index >= 15 is 0 Å². The van der Waals surface area contributed by atoms with Crippen molar-refractivity contribution in [3.8, 4) is 0 Å². The molecule has 0 spiro atoms. The van der Waals surface area contributed by atoms with Crippen molar-refractivity contribution < 1.29 is 30.0 Å². The molecule has 0 heterocycles. The minimum Gasteiger partial charge on any atom is -0.466 e. The summed E-state index contributed by atoms with van der Waals surface area (Å²) in [6, 6.07) is 0. The van der Waals surface area contributed by atoms with E-state index < -0.39 is 31.8 Å². The number of esters is 1. The van der Waals surface area contributed by atoms with Crippen molar-refractivity contribution in [2.24, 2.45) is 5.41 Å². The number of carbonyl (C=O) groups is 1. The molecule has 6 nitrogen and oxygen atoms in total. The summed E-state index contributed by atoms with van der Waals surface area (Å²) in [6.07, 6.45) is 0. The Morgan fingerprint density at radius 1 is 1.12 bits per heavy atom. The van der Waals surface area contributed by atoms with Crippen LogP contribution in [0.3, 0.4) is 0 Å². The second-order valence-electron chi connectivity index (χ2n) is 3.40. The first kappa shape index (κ1) is 17.4. The molecule has 0 saturated carbocycles. The fraction of sp³-hybridized carbons (Fsp3) is 0.700. The van der Waals surface area contributed by atoms with Crippen molar-refractivity contribution in [3.05, 3.63) is 12.2 Å². The third-order valence-electron chi connectivity index (χ3n) is 1.88. The van der Waals surface area contributed by atoms with E-state index in [0.29, 0.717) is 5.57 Å². The van der Waals surface area contributed by atoms with Crippen LogP contribution in [-0.4, -0.2) is 59.9 Å². The van der Waals surface area contributed by atoms with Crippen LogP contribution in [-0.2, 0) is 9.53 Å². The van der Waals surface area contributed by atoms with Gasteiger partial charge in [0.25, 0.3) is 0 Å². The number of carbonyl (C=O) groups excluding carboxylic acids is 1. The van der Waals surface area contributed by atoms with Crippen LogP contribution in [0.5, 0.6) is 0 Å². The standard InChI is InChI=1S/C5H12O4.C5H8O2/c6-1-5(2-7,3-8)4-9;1-4(2)5(6)7-3/h6-9H,1-4H2;1H2,2-3H3. The van der Waals surface area contributed by atoms with Gasteiger partial charge in [0.2, 0.25) is 0 Å². The highest BCUT2D eigenvalue weighted by Gasteiger charge is 2.26. The molecule has 0 rings (SSSR count). The summed E-state index contributed by atoms with van der Waals surface area (Å²) < 4.78 is 4.27. The van der Waals surface area contributed by atoms with Crippen molar-refractivity contribution in [1.82, 2.24) is 0 Å². The zero-order chi connectivity index (χ0) is 13.2. The highest BCUT2D eigenvalue weighted by molar-refractivity contribution is 5.86. The molecule has 0 aromatic rings. The molecule has 0 unspecified atom stereocenters. The van der Waals surface area contributed by atoms with Crippen LogP contribution < -0.4 is 0 Å². The third kappa shape index (κ3) is 6.52. The molecule has 0 radical (unpaired) electrons. The SMILES string of the molecule is C=C(C)C(=O)OC.OCC(CO)(CO)CO. The molecule has 0 atom stereocenters. The summed E-state index contributed by atoms with van der Waals surface area (Å²) in [5.74, 6) is -0.347. The minimum absolute atomic E-state index is 0.347. The lowest BCUT2D eigenvalue weighted by atomic mass is 9.93. The Balaban J connectivity index is 0. The minimum atomic E-state index is -1.11. The van der Waals surface area contributed by atoms with Crippen molar-refractivity contribution in [2.75, 3.05) is 33.5 Å². The van der Waals surface area contributed by atoms with Gasteiger partial charge in [0.05, 0.1) is 39.0 Å². The van der Waals surface area contributed by atoms with Gasteiger partial charge in [0.15, 0.2) is 0 Å². The van der Waals surface area contributed by atoms with Crippen LogP contribution in [0.4, 0.5) is 0 Å². The van der Waals surface area contributed by atoms with E-state index in [0.717, 1.165) is 0 Å². The van der Waals surface area contributed by atoms with Crippen molar-refractivity contribution in [3.63, 3.8) is 0 Å². The lowest BCUT2D eigenvalue weighted by molar-refractivity contribution is -0.136. The second kappa shape index (κ2) is 9.29. The number of aliphatic hydroxyl groups is 4. The summed E-state index contributed by atoms with van der Waals surface area (Å²) in [7, 11) is 1.33. The Morgan fingerprint density at radius 3 is 1.44 bits per heavy atom. The summed E-state index contributed by atoms with van der Waals surface area (Å²) in [5, 5.41) is 34.0. The number of methoxy groups -OCH3 is 1. The van der Waals surface area contributed by atoms with E-state index in [-0.39, 0.29) is 5.97 Å². The predicted octanol–water partition coefficient (Wildman–Crippen LogP) is -1.32. The molecule has 6 heteroatoms. The van der Waals surface area contributed by atoms with Gasteiger partial charge in [-0.2, -0.15) is 0 Å². The number of aliphatic hydroxyl groups excluding tert-OH is 4. The average Bonchev–Trinajstić information content (AvgIpc) is 2.32. The highest BCUT2D eigenvalue weighted by Crippen LogP contribution is 2.11. The summed E-state index contributed by atoms with van der Waals surface area (Å²) in [5.41, 5.74) is -0.678. The molecule has 0 aliphatic rings. The fourth-order valence-corrected chi connectivity index (χ4v) is 0.474. The first-order valence-corrected chi connectivity index (χ1v) is 4.60. The molecular formula is C10H20O6. The van der Waals surface area contributed by atoms with Gasteiger partial charge in [-0.25, -0.2) is 4.79 Å². The first-order valence-electron chi connectivity index (χ1n) is 4.60. The van der Waals surface area contributed by atoms with E-state index in [2.05, 4.69) is 11.3 Å². The molecule has 0 amide bonds. The quantitative estimate of drug-likeness (QED) is 0.348. The van der Waals surface area contributed by atoms with Gasteiger partial charge in [0, 0.05) is 5.57 Å². The van der Waals surface area contributed by atoms with Gasteiger partial charge in [-0.3, -0.25) is 0 Å². The predicted molar refractivity (Wildman–Crippen MR) is 57.6 cm³/mol. The van der Waals surface area contributed by atoms with Crippen molar-refractivity contribution >= 4 is 5.97 Å². The van der Waals surface area contributed by atoms with Crippen LogP contribution >= 0.6 is 0 Å². The van der Waals surface area contributed by atoms with E-state index in [1.807, 2.05) is 0 Å². The molecule has 0 aliphatic heterocycles. The Labute approximate surface area is 94.8 Å². The van der Waals surface area contributed by atoms with Gasteiger partial charge in [-0.15, -0.1) is 0 Å². The van der Waals surface area contributed by atoms with Crippen molar-refractivity contribution in [2.45, 2.75) is 6.92 Å². The maximum atomic E-state index is 10.2. The Bertz CT molecular complexity index is 192. The number of ether oxygens (including phenoxy) is 1. The molecule has 0 bridgehead atoms. The number of hydrogen-bond donors (Lipinski definition) is 4. The molecule has 0 saturated heterocycles. The maximum Gasteiger partial charge on any atom is 0.332 e. The zero-order valence-corrected chi connectivity index (χ0v) is 9.64. The molecule has 0 aromatic carbocycles. The normalized spacial score (nSPS) is 10.1. The van der Waals surface area contributed by atoms with Gasteiger partial charge < -0.3 is 25.2 Å². The van der Waals surface area contributed by atoms with E-state index in [4.69, 9.17) is 20.4 Å². The lowest BCUT2D eigenvalue weighted by Crippen LogP contribution is -2.37. The maximum absolute atomic E-state index is 10.2. The van der Waals surface area contributed by atoms with Gasteiger partial charge >= 0.3 is 5.97 Å². The highest BCUT2D eigenvalue weighted by atomic mass is 16.5. The van der Waals surface area contributed by atoms with Crippen molar-refractivity contribution in [1.29, 1.82) is 0 Å². The molecule has 16 heavy (non-hydrogen) atoms. The summed E-state index contributed by atoms with van der Waals surface area (Å²) in [6.45, 7) is 3.33. The third-order valence-corrected chi connectivity index (χ3v) is 1.88. The van der Waals surface area contributed by atoms with E-state index in [1.54, 1.807) is 6.92 Å². The fourth-order valence-electron chi connectivity index (χ4n) is 0.474.